The van der Waals surface area contributed by atoms with Crippen LogP contribution < -0.4 is 15.2 Å². The Bertz CT molecular complexity index is 733. The van der Waals surface area contributed by atoms with Crippen molar-refractivity contribution in [2.45, 2.75) is 19.3 Å². The maximum absolute atomic E-state index is 6.07. The highest BCUT2D eigenvalue weighted by Gasteiger charge is 2.21. The van der Waals surface area contributed by atoms with Gasteiger partial charge in [0.2, 0.25) is 0 Å². The third-order valence-electron chi connectivity index (χ3n) is 3.82. The van der Waals surface area contributed by atoms with Gasteiger partial charge in [-0.2, -0.15) is 0 Å². The number of aryl methyl sites for hydroxylation is 1. The summed E-state index contributed by atoms with van der Waals surface area (Å²) in [6.07, 6.45) is 3.05. The molecule has 1 aliphatic heterocycles. The molecule has 0 bridgehead atoms. The average molecular weight is 348 g/mol. The van der Waals surface area contributed by atoms with Crippen LogP contribution in [0.15, 0.2) is 16.6 Å². The van der Waals surface area contributed by atoms with Crippen LogP contribution in [0.3, 0.4) is 0 Å². The number of rotatable bonds is 1. The summed E-state index contributed by atoms with van der Waals surface area (Å²) in [5, 5.41) is 0. The SMILES string of the molecule is Nc1nc(-c2cc(Br)c3c(c2)OCCO3)nc2c1CCC2. The molecule has 0 fully saturated rings. The standard InChI is InChI=1S/C15H14BrN3O2/c16-10-6-8(7-12-13(10)21-5-4-20-12)15-18-11-3-1-2-9(11)14(17)19-15/h6-7H,1-5H2,(H2,17,18,19). The number of hydrogen-bond acceptors (Lipinski definition) is 5. The zero-order valence-electron chi connectivity index (χ0n) is 11.4. The Morgan fingerprint density at radius 2 is 1.95 bits per heavy atom. The Morgan fingerprint density at radius 1 is 1.10 bits per heavy atom. The fourth-order valence-electron chi connectivity index (χ4n) is 2.83. The Morgan fingerprint density at radius 3 is 2.86 bits per heavy atom. The minimum atomic E-state index is 0.552. The summed E-state index contributed by atoms with van der Waals surface area (Å²) in [4.78, 5) is 9.12. The predicted molar refractivity (Wildman–Crippen MR) is 82.6 cm³/mol. The van der Waals surface area contributed by atoms with E-state index in [0.717, 1.165) is 46.3 Å². The minimum Gasteiger partial charge on any atom is -0.486 e. The van der Waals surface area contributed by atoms with E-state index in [2.05, 4.69) is 25.9 Å². The number of anilines is 1. The summed E-state index contributed by atoms with van der Waals surface area (Å²) < 4.78 is 12.1. The molecule has 5 nitrogen and oxygen atoms in total. The Balaban J connectivity index is 1.84. The first kappa shape index (κ1) is 12.9. The molecule has 2 aliphatic rings. The van der Waals surface area contributed by atoms with Gasteiger partial charge in [0.05, 0.1) is 4.47 Å². The molecule has 1 aromatic heterocycles. The normalized spacial score (nSPS) is 15.9. The van der Waals surface area contributed by atoms with Crippen LogP contribution in [0.2, 0.25) is 0 Å². The van der Waals surface area contributed by atoms with E-state index in [1.165, 1.54) is 0 Å². The highest BCUT2D eigenvalue weighted by molar-refractivity contribution is 9.10. The van der Waals surface area contributed by atoms with Crippen molar-refractivity contribution < 1.29 is 9.47 Å². The van der Waals surface area contributed by atoms with Crippen LogP contribution in [-0.2, 0) is 12.8 Å². The van der Waals surface area contributed by atoms with Crippen molar-refractivity contribution in [2.75, 3.05) is 18.9 Å². The first-order valence-corrected chi connectivity index (χ1v) is 7.76. The molecule has 0 unspecified atom stereocenters. The number of aromatic nitrogens is 2. The summed E-state index contributed by atoms with van der Waals surface area (Å²) in [6.45, 7) is 1.11. The van der Waals surface area contributed by atoms with Gasteiger partial charge in [0.15, 0.2) is 17.3 Å². The monoisotopic (exact) mass is 347 g/mol. The molecule has 21 heavy (non-hydrogen) atoms. The zero-order valence-corrected chi connectivity index (χ0v) is 12.9. The quantitative estimate of drug-likeness (QED) is 0.858. The van der Waals surface area contributed by atoms with Gasteiger partial charge in [-0.25, -0.2) is 9.97 Å². The van der Waals surface area contributed by atoms with E-state index in [9.17, 15) is 0 Å². The molecule has 0 saturated carbocycles. The van der Waals surface area contributed by atoms with Gasteiger partial charge in [-0.15, -0.1) is 0 Å². The van der Waals surface area contributed by atoms with Crippen LogP contribution in [0.25, 0.3) is 11.4 Å². The molecule has 0 radical (unpaired) electrons. The van der Waals surface area contributed by atoms with E-state index in [1.54, 1.807) is 0 Å². The Hall–Kier alpha value is -1.82. The van der Waals surface area contributed by atoms with E-state index >= 15 is 0 Å². The molecule has 2 heterocycles. The summed E-state index contributed by atoms with van der Waals surface area (Å²) in [7, 11) is 0. The van der Waals surface area contributed by atoms with Gasteiger partial charge in [0.1, 0.15) is 19.0 Å². The minimum absolute atomic E-state index is 0.552. The van der Waals surface area contributed by atoms with Crippen LogP contribution in [0.4, 0.5) is 5.82 Å². The first-order chi connectivity index (χ1) is 10.2. The second-order valence-corrected chi connectivity index (χ2v) is 6.05. The highest BCUT2D eigenvalue weighted by atomic mass is 79.9. The molecular formula is C15H14BrN3O2. The molecule has 2 aromatic rings. The number of fused-ring (bicyclic) bond motifs is 2. The summed E-state index contributed by atoms with van der Waals surface area (Å²) in [5.41, 5.74) is 9.13. The molecule has 0 saturated heterocycles. The van der Waals surface area contributed by atoms with Crippen molar-refractivity contribution in [1.82, 2.24) is 9.97 Å². The van der Waals surface area contributed by atoms with Gasteiger partial charge < -0.3 is 15.2 Å². The zero-order chi connectivity index (χ0) is 14.4. The number of ether oxygens (including phenoxy) is 2. The van der Waals surface area contributed by atoms with Gasteiger partial charge >= 0.3 is 0 Å². The van der Waals surface area contributed by atoms with Crippen molar-refractivity contribution in [3.63, 3.8) is 0 Å². The number of nitrogen functional groups attached to an aromatic ring is 1. The summed E-state index contributed by atoms with van der Waals surface area (Å²) in [6, 6.07) is 3.86. The lowest BCUT2D eigenvalue weighted by Gasteiger charge is -2.20. The fraction of sp³-hybridized carbons (Fsp3) is 0.333. The van der Waals surface area contributed by atoms with E-state index in [-0.39, 0.29) is 0 Å². The van der Waals surface area contributed by atoms with Gasteiger partial charge in [-0.05, 0) is 47.3 Å². The number of benzene rings is 1. The highest BCUT2D eigenvalue weighted by Crippen LogP contribution is 2.41. The fourth-order valence-corrected chi connectivity index (χ4v) is 3.39. The van der Waals surface area contributed by atoms with E-state index in [1.807, 2.05) is 12.1 Å². The van der Waals surface area contributed by atoms with E-state index in [4.69, 9.17) is 15.2 Å². The topological polar surface area (TPSA) is 70.3 Å². The third-order valence-corrected chi connectivity index (χ3v) is 4.41. The summed E-state index contributed by atoms with van der Waals surface area (Å²) in [5.74, 6) is 2.69. The Kier molecular flexibility index (Phi) is 2.99. The van der Waals surface area contributed by atoms with Crippen molar-refractivity contribution in [2.24, 2.45) is 0 Å². The van der Waals surface area contributed by atoms with E-state index < -0.39 is 0 Å². The number of hydrogen-bond donors (Lipinski definition) is 1. The predicted octanol–water partition coefficient (Wildman–Crippen LogP) is 2.75. The third kappa shape index (κ3) is 2.14. The number of nitrogens with two attached hydrogens (primary N) is 1. The van der Waals surface area contributed by atoms with Crippen molar-refractivity contribution in [3.8, 4) is 22.9 Å². The lowest BCUT2D eigenvalue weighted by atomic mass is 10.1. The van der Waals surface area contributed by atoms with E-state index in [0.29, 0.717) is 30.6 Å². The molecule has 0 atom stereocenters. The van der Waals surface area contributed by atoms with Crippen molar-refractivity contribution in [3.05, 3.63) is 27.9 Å². The van der Waals surface area contributed by atoms with Gasteiger partial charge in [0, 0.05) is 16.8 Å². The lowest BCUT2D eigenvalue weighted by Crippen LogP contribution is -2.15. The number of halogens is 1. The average Bonchev–Trinajstić information content (AvgIpc) is 2.96. The lowest BCUT2D eigenvalue weighted by molar-refractivity contribution is 0.170. The largest absolute Gasteiger partial charge is 0.486 e. The molecule has 108 valence electrons. The van der Waals surface area contributed by atoms with Gasteiger partial charge in [0.25, 0.3) is 0 Å². The molecule has 0 spiro atoms. The van der Waals surface area contributed by atoms with Crippen molar-refractivity contribution in [1.29, 1.82) is 0 Å². The van der Waals surface area contributed by atoms with Gasteiger partial charge in [-0.1, -0.05) is 0 Å². The summed E-state index contributed by atoms with van der Waals surface area (Å²) >= 11 is 3.52. The molecule has 2 N–H and O–H groups in total. The van der Waals surface area contributed by atoms with Crippen LogP contribution in [0, 0.1) is 0 Å². The maximum atomic E-state index is 6.07. The first-order valence-electron chi connectivity index (χ1n) is 6.97. The number of nitrogens with zero attached hydrogens (tertiary/aromatic N) is 2. The van der Waals surface area contributed by atoms with Crippen LogP contribution >= 0.6 is 15.9 Å². The van der Waals surface area contributed by atoms with Gasteiger partial charge in [-0.3, -0.25) is 0 Å². The molecule has 4 rings (SSSR count). The van der Waals surface area contributed by atoms with Crippen molar-refractivity contribution >= 4 is 21.7 Å². The molecule has 6 heteroatoms. The molecule has 0 amide bonds. The maximum Gasteiger partial charge on any atom is 0.175 e. The second-order valence-electron chi connectivity index (χ2n) is 5.19. The molecule has 1 aromatic carbocycles. The van der Waals surface area contributed by atoms with Crippen LogP contribution in [0.5, 0.6) is 11.5 Å². The molecular weight excluding hydrogens is 334 g/mol. The second kappa shape index (κ2) is 4.87. The van der Waals surface area contributed by atoms with Crippen LogP contribution in [-0.4, -0.2) is 23.2 Å². The van der Waals surface area contributed by atoms with Crippen LogP contribution in [0.1, 0.15) is 17.7 Å². The molecule has 1 aliphatic carbocycles. The smallest absolute Gasteiger partial charge is 0.175 e. The Labute approximate surface area is 130 Å².